The van der Waals surface area contributed by atoms with Crippen molar-refractivity contribution >= 4 is 55.9 Å². The average Bonchev–Trinajstić information content (AvgIpc) is 3.44. The number of anilines is 3. The SMILES string of the molecule is Oc1c(Br)cc(/C=N\Nc2nc(N3CCCC3)nc(N3CCCC3)n2)c(O)c1Br. The second-order valence-corrected chi connectivity index (χ2v) is 8.62. The summed E-state index contributed by atoms with van der Waals surface area (Å²) < 4.78 is 0.637. The van der Waals surface area contributed by atoms with Crippen molar-refractivity contribution in [1.29, 1.82) is 0 Å². The predicted molar refractivity (Wildman–Crippen MR) is 119 cm³/mol. The van der Waals surface area contributed by atoms with Crippen molar-refractivity contribution in [2.24, 2.45) is 5.10 Å². The van der Waals surface area contributed by atoms with E-state index in [4.69, 9.17) is 0 Å². The van der Waals surface area contributed by atoms with E-state index in [9.17, 15) is 10.2 Å². The lowest BCUT2D eigenvalue weighted by atomic mass is 10.2. The monoisotopic (exact) mass is 525 g/mol. The number of hydrogen-bond donors (Lipinski definition) is 3. The molecule has 1 aromatic carbocycles. The maximum atomic E-state index is 10.2. The maximum absolute atomic E-state index is 10.2. The summed E-state index contributed by atoms with van der Waals surface area (Å²) in [6.07, 6.45) is 5.98. The van der Waals surface area contributed by atoms with Crippen LogP contribution in [0.5, 0.6) is 11.5 Å². The Morgan fingerprint density at radius 2 is 1.45 bits per heavy atom. The van der Waals surface area contributed by atoms with E-state index in [1.807, 2.05) is 0 Å². The Bertz CT molecular complexity index is 895. The number of phenolic OH excluding ortho intramolecular Hbond substituents is 2. The molecule has 2 aliphatic heterocycles. The van der Waals surface area contributed by atoms with Gasteiger partial charge in [0.15, 0.2) is 0 Å². The minimum absolute atomic E-state index is 0.0735. The standard InChI is InChI=1S/C18H21Br2N7O2/c19-12-9-11(14(28)13(20)15(12)29)10-21-25-16-22-17(26-5-1-2-6-26)24-18(23-16)27-7-3-4-8-27/h9-10,28-29H,1-8H2,(H,22,23,24,25)/b21-10-. The van der Waals surface area contributed by atoms with E-state index in [0.717, 1.165) is 51.9 Å². The zero-order valence-corrected chi connectivity index (χ0v) is 18.8. The van der Waals surface area contributed by atoms with Crippen LogP contribution in [0.3, 0.4) is 0 Å². The molecule has 9 nitrogen and oxygen atoms in total. The van der Waals surface area contributed by atoms with Crippen LogP contribution in [0.25, 0.3) is 0 Å². The van der Waals surface area contributed by atoms with Gasteiger partial charge in [-0.1, -0.05) is 0 Å². The van der Waals surface area contributed by atoms with Crippen molar-refractivity contribution in [3.05, 3.63) is 20.6 Å². The molecule has 0 atom stereocenters. The zero-order valence-electron chi connectivity index (χ0n) is 15.6. The van der Waals surface area contributed by atoms with Gasteiger partial charge in [-0.05, 0) is 63.6 Å². The predicted octanol–water partition coefficient (Wildman–Crippen LogP) is 3.45. The van der Waals surface area contributed by atoms with Crippen LogP contribution in [-0.4, -0.2) is 57.6 Å². The average molecular weight is 527 g/mol. The van der Waals surface area contributed by atoms with Crippen molar-refractivity contribution in [1.82, 2.24) is 15.0 Å². The fraction of sp³-hybridized carbons (Fsp3) is 0.444. The molecule has 0 bridgehead atoms. The Kier molecular flexibility index (Phi) is 6.04. The van der Waals surface area contributed by atoms with E-state index < -0.39 is 0 Å². The summed E-state index contributed by atoms with van der Waals surface area (Å²) in [4.78, 5) is 18.0. The van der Waals surface area contributed by atoms with E-state index in [-0.39, 0.29) is 16.0 Å². The minimum atomic E-state index is -0.109. The van der Waals surface area contributed by atoms with Crippen LogP contribution in [0.4, 0.5) is 17.8 Å². The molecule has 0 unspecified atom stereocenters. The van der Waals surface area contributed by atoms with E-state index in [1.165, 1.54) is 6.21 Å². The molecule has 0 saturated carbocycles. The van der Waals surface area contributed by atoms with Crippen molar-refractivity contribution < 1.29 is 10.2 Å². The number of aromatic hydroxyl groups is 2. The molecule has 4 rings (SSSR count). The Morgan fingerprint density at radius 3 is 2.00 bits per heavy atom. The highest BCUT2D eigenvalue weighted by Gasteiger charge is 2.21. The molecule has 0 spiro atoms. The van der Waals surface area contributed by atoms with Gasteiger partial charge < -0.3 is 20.0 Å². The first kappa shape index (κ1) is 20.1. The van der Waals surface area contributed by atoms with Gasteiger partial charge in [-0.25, -0.2) is 5.43 Å². The van der Waals surface area contributed by atoms with Gasteiger partial charge in [0.2, 0.25) is 17.8 Å². The van der Waals surface area contributed by atoms with Crippen molar-refractivity contribution in [3.63, 3.8) is 0 Å². The molecular formula is C18H21Br2N7O2. The van der Waals surface area contributed by atoms with Gasteiger partial charge in [0, 0.05) is 31.7 Å². The molecule has 11 heteroatoms. The van der Waals surface area contributed by atoms with E-state index in [2.05, 4.69) is 67.1 Å². The Labute approximate surface area is 185 Å². The highest BCUT2D eigenvalue weighted by Crippen LogP contribution is 2.40. The van der Waals surface area contributed by atoms with Crippen LogP contribution >= 0.6 is 31.9 Å². The number of nitrogens with zero attached hydrogens (tertiary/aromatic N) is 6. The summed E-state index contributed by atoms with van der Waals surface area (Å²) in [5, 5.41) is 24.2. The molecule has 2 aliphatic rings. The van der Waals surface area contributed by atoms with E-state index in [1.54, 1.807) is 6.07 Å². The molecule has 29 heavy (non-hydrogen) atoms. The molecule has 154 valence electrons. The van der Waals surface area contributed by atoms with Gasteiger partial charge in [-0.15, -0.1) is 0 Å². The summed E-state index contributed by atoms with van der Waals surface area (Å²) in [7, 11) is 0. The third kappa shape index (κ3) is 4.40. The number of rotatable bonds is 5. The van der Waals surface area contributed by atoms with Crippen LogP contribution in [0.1, 0.15) is 31.2 Å². The third-order valence-corrected chi connectivity index (χ3v) is 6.31. The molecule has 0 aliphatic carbocycles. The van der Waals surface area contributed by atoms with Crippen LogP contribution in [0.15, 0.2) is 20.1 Å². The molecule has 0 radical (unpaired) electrons. The Morgan fingerprint density at radius 1 is 0.897 bits per heavy atom. The largest absolute Gasteiger partial charge is 0.506 e. The Balaban J connectivity index is 1.58. The molecular weight excluding hydrogens is 506 g/mol. The maximum Gasteiger partial charge on any atom is 0.250 e. The Hall–Kier alpha value is -2.14. The molecule has 3 N–H and O–H groups in total. The lowest BCUT2D eigenvalue weighted by Crippen LogP contribution is -2.25. The fourth-order valence-electron chi connectivity index (χ4n) is 3.40. The van der Waals surface area contributed by atoms with Crippen molar-refractivity contribution in [3.8, 4) is 11.5 Å². The van der Waals surface area contributed by atoms with Gasteiger partial charge in [0.05, 0.1) is 10.7 Å². The number of halogens is 2. The first-order valence-electron chi connectivity index (χ1n) is 9.48. The van der Waals surface area contributed by atoms with Crippen LogP contribution in [0, 0.1) is 0 Å². The number of aromatic nitrogens is 3. The number of hydrazone groups is 1. The van der Waals surface area contributed by atoms with Crippen molar-refractivity contribution in [2.45, 2.75) is 25.7 Å². The van der Waals surface area contributed by atoms with Crippen LogP contribution in [0.2, 0.25) is 0 Å². The van der Waals surface area contributed by atoms with Gasteiger partial charge in [-0.2, -0.15) is 20.1 Å². The van der Waals surface area contributed by atoms with E-state index >= 15 is 0 Å². The summed E-state index contributed by atoms with van der Waals surface area (Å²) in [6, 6.07) is 1.57. The lowest BCUT2D eigenvalue weighted by Gasteiger charge is -2.20. The van der Waals surface area contributed by atoms with Gasteiger partial charge in [-0.3, -0.25) is 0 Å². The number of phenols is 2. The number of benzene rings is 1. The van der Waals surface area contributed by atoms with Gasteiger partial charge >= 0.3 is 0 Å². The highest BCUT2D eigenvalue weighted by atomic mass is 79.9. The molecule has 2 saturated heterocycles. The number of hydrogen-bond acceptors (Lipinski definition) is 9. The third-order valence-electron chi connectivity index (χ3n) is 4.96. The molecule has 2 fully saturated rings. The topological polar surface area (TPSA) is 110 Å². The van der Waals surface area contributed by atoms with E-state index in [0.29, 0.717) is 27.9 Å². The smallest absolute Gasteiger partial charge is 0.250 e. The second kappa shape index (κ2) is 8.70. The van der Waals surface area contributed by atoms with Crippen LogP contribution in [-0.2, 0) is 0 Å². The first-order chi connectivity index (χ1) is 14.0. The van der Waals surface area contributed by atoms with Crippen LogP contribution < -0.4 is 15.2 Å². The van der Waals surface area contributed by atoms with Crippen molar-refractivity contribution in [2.75, 3.05) is 41.4 Å². The molecule has 2 aromatic rings. The molecule has 0 amide bonds. The normalized spacial score (nSPS) is 16.9. The lowest BCUT2D eigenvalue weighted by molar-refractivity contribution is 0.442. The quantitative estimate of drug-likeness (QED) is 0.401. The summed E-state index contributed by atoms with van der Waals surface area (Å²) >= 11 is 6.40. The van der Waals surface area contributed by atoms with Gasteiger partial charge in [0.25, 0.3) is 0 Å². The highest BCUT2D eigenvalue weighted by molar-refractivity contribution is 9.11. The number of nitrogens with one attached hydrogen (secondary N) is 1. The molecule has 3 heterocycles. The minimum Gasteiger partial charge on any atom is -0.506 e. The first-order valence-corrected chi connectivity index (χ1v) is 11.1. The molecule has 1 aromatic heterocycles. The fourth-order valence-corrected chi connectivity index (χ4v) is 4.55. The van der Waals surface area contributed by atoms with Gasteiger partial charge in [0.1, 0.15) is 16.0 Å². The summed E-state index contributed by atoms with van der Waals surface area (Å²) in [5.41, 5.74) is 3.27. The zero-order chi connectivity index (χ0) is 20.4. The summed E-state index contributed by atoms with van der Waals surface area (Å²) in [6.45, 7) is 3.76. The second-order valence-electron chi connectivity index (χ2n) is 6.98. The summed E-state index contributed by atoms with van der Waals surface area (Å²) in [5.74, 6) is 1.50.